The molecule has 0 heterocycles. The molecule has 2 aromatic carbocycles. The Morgan fingerprint density at radius 3 is 1.33 bits per heavy atom. The highest BCUT2D eigenvalue weighted by molar-refractivity contribution is 8.00. The topological polar surface area (TPSA) is 17.1 Å². The van der Waals surface area contributed by atoms with E-state index in [9.17, 15) is 31.1 Å². The largest absolute Gasteiger partial charge is 0.446 e. The van der Waals surface area contributed by atoms with Gasteiger partial charge in [-0.05, 0) is 47.8 Å². The average Bonchev–Trinajstić information content (AvgIpc) is 2.44. The third kappa shape index (κ3) is 5.20. The number of hydrogen-bond acceptors (Lipinski definition) is 3. The normalized spacial score (nSPS) is 12.2. The Bertz CT molecular complexity index is 678. The summed E-state index contributed by atoms with van der Waals surface area (Å²) in [5.41, 5.74) is -9.82. The van der Waals surface area contributed by atoms with E-state index < -0.39 is 40.3 Å². The Hall–Kier alpha value is -1.61. The van der Waals surface area contributed by atoms with E-state index in [2.05, 4.69) is 0 Å². The molecule has 24 heavy (non-hydrogen) atoms. The second kappa shape index (κ2) is 7.10. The Kier molecular flexibility index (Phi) is 5.54. The molecule has 0 bridgehead atoms. The highest BCUT2D eigenvalue weighted by atomic mass is 32.2. The van der Waals surface area contributed by atoms with Gasteiger partial charge in [0.2, 0.25) is 0 Å². The standard InChI is InChI=1S/C15H8F6OS2/c16-14(17,18)23-11-7-3-1-5-9(11)13(22)10-6-2-4-8-12(10)24-15(19,20)21/h1-8H. The zero-order chi connectivity index (χ0) is 18.0. The number of hydrogen-bond donors (Lipinski definition) is 0. The van der Waals surface area contributed by atoms with Gasteiger partial charge in [0.05, 0.1) is 0 Å². The molecule has 0 spiro atoms. The molecule has 9 heteroatoms. The Morgan fingerprint density at radius 2 is 1.00 bits per heavy atom. The lowest BCUT2D eigenvalue weighted by atomic mass is 10.0. The maximum Gasteiger partial charge on any atom is 0.446 e. The summed E-state index contributed by atoms with van der Waals surface area (Å²) in [5.74, 6) is -0.894. The van der Waals surface area contributed by atoms with Gasteiger partial charge in [0, 0.05) is 20.9 Å². The first-order valence-electron chi connectivity index (χ1n) is 6.31. The average molecular weight is 382 g/mol. The van der Waals surface area contributed by atoms with E-state index in [1.54, 1.807) is 0 Å². The van der Waals surface area contributed by atoms with Gasteiger partial charge in [-0.3, -0.25) is 4.79 Å². The Labute approximate surface area is 141 Å². The lowest BCUT2D eigenvalue weighted by Gasteiger charge is -2.13. The minimum Gasteiger partial charge on any atom is -0.289 e. The van der Waals surface area contributed by atoms with E-state index in [1.807, 2.05) is 0 Å². The number of carbonyl (C=O) groups excluding carboxylic acids is 1. The van der Waals surface area contributed by atoms with Crippen LogP contribution < -0.4 is 0 Å². The molecule has 0 aromatic heterocycles. The molecule has 0 aliphatic rings. The minimum absolute atomic E-state index is 0.296. The van der Waals surface area contributed by atoms with Crippen LogP contribution in [0.3, 0.4) is 0 Å². The second-order valence-corrected chi connectivity index (χ2v) is 6.63. The summed E-state index contributed by atoms with van der Waals surface area (Å²) in [6, 6.07) is 9.87. The molecule has 2 aromatic rings. The molecular formula is C15H8F6OS2. The predicted octanol–water partition coefficient (Wildman–Crippen LogP) is 6.14. The fourth-order valence-electron chi connectivity index (χ4n) is 1.88. The summed E-state index contributed by atoms with van der Waals surface area (Å²) in [7, 11) is 0. The van der Waals surface area contributed by atoms with Crippen molar-refractivity contribution in [2.24, 2.45) is 0 Å². The first kappa shape index (κ1) is 18.7. The molecule has 0 saturated carbocycles. The zero-order valence-corrected chi connectivity index (χ0v) is 13.2. The van der Waals surface area contributed by atoms with E-state index >= 15 is 0 Å². The SMILES string of the molecule is O=C(c1ccccc1SC(F)(F)F)c1ccccc1SC(F)(F)F. The predicted molar refractivity (Wildman–Crippen MR) is 80.1 cm³/mol. The molecule has 0 aliphatic carbocycles. The van der Waals surface area contributed by atoms with Crippen LogP contribution in [0.2, 0.25) is 0 Å². The maximum atomic E-state index is 12.6. The van der Waals surface area contributed by atoms with Crippen LogP contribution in [0.4, 0.5) is 26.3 Å². The van der Waals surface area contributed by atoms with Crippen molar-refractivity contribution in [2.75, 3.05) is 0 Å². The van der Waals surface area contributed by atoms with E-state index in [-0.39, 0.29) is 20.9 Å². The molecule has 0 radical (unpaired) electrons. The van der Waals surface area contributed by atoms with Crippen molar-refractivity contribution in [3.63, 3.8) is 0 Å². The van der Waals surface area contributed by atoms with Crippen LogP contribution in [-0.2, 0) is 0 Å². The molecule has 0 fully saturated rings. The molecule has 0 saturated heterocycles. The molecule has 1 nitrogen and oxygen atoms in total. The molecule has 2 rings (SSSR count). The quantitative estimate of drug-likeness (QED) is 0.359. The third-order valence-corrected chi connectivity index (χ3v) is 4.33. The summed E-state index contributed by atoms with van der Waals surface area (Å²) in [4.78, 5) is 11.8. The minimum atomic E-state index is -4.61. The van der Waals surface area contributed by atoms with Crippen LogP contribution in [0.25, 0.3) is 0 Å². The maximum absolute atomic E-state index is 12.6. The van der Waals surface area contributed by atoms with Crippen LogP contribution in [0.15, 0.2) is 58.3 Å². The lowest BCUT2D eigenvalue weighted by molar-refractivity contribution is -0.0336. The van der Waals surface area contributed by atoms with Crippen molar-refractivity contribution in [1.29, 1.82) is 0 Å². The number of alkyl halides is 6. The molecule has 0 aliphatic heterocycles. The molecular weight excluding hydrogens is 374 g/mol. The van der Waals surface area contributed by atoms with E-state index in [0.29, 0.717) is 0 Å². The van der Waals surface area contributed by atoms with Crippen LogP contribution >= 0.6 is 23.5 Å². The first-order valence-corrected chi connectivity index (χ1v) is 7.94. The van der Waals surface area contributed by atoms with Gasteiger partial charge in [0.15, 0.2) is 5.78 Å². The molecule has 0 amide bonds. The van der Waals surface area contributed by atoms with Gasteiger partial charge >= 0.3 is 11.0 Å². The van der Waals surface area contributed by atoms with Crippen LogP contribution in [0.1, 0.15) is 15.9 Å². The van der Waals surface area contributed by atoms with Gasteiger partial charge in [0.25, 0.3) is 0 Å². The molecule has 0 atom stereocenters. The van der Waals surface area contributed by atoms with Crippen LogP contribution in [0.5, 0.6) is 0 Å². The fourth-order valence-corrected chi connectivity index (χ4v) is 3.21. The first-order chi connectivity index (χ1) is 11.1. The van der Waals surface area contributed by atoms with Gasteiger partial charge in [-0.25, -0.2) is 0 Å². The third-order valence-electron chi connectivity index (χ3n) is 2.71. The number of rotatable bonds is 4. The van der Waals surface area contributed by atoms with Gasteiger partial charge in [-0.2, -0.15) is 26.3 Å². The van der Waals surface area contributed by atoms with Crippen LogP contribution in [0, 0.1) is 0 Å². The number of carbonyl (C=O) groups is 1. The van der Waals surface area contributed by atoms with E-state index in [1.165, 1.54) is 24.3 Å². The number of ketones is 1. The van der Waals surface area contributed by atoms with Gasteiger partial charge in [0.1, 0.15) is 0 Å². The zero-order valence-electron chi connectivity index (χ0n) is 11.6. The fraction of sp³-hybridized carbons (Fsp3) is 0.133. The smallest absolute Gasteiger partial charge is 0.289 e. The molecule has 0 N–H and O–H groups in total. The van der Waals surface area contributed by atoms with Crippen molar-refractivity contribution in [2.45, 2.75) is 20.8 Å². The molecule has 128 valence electrons. The van der Waals surface area contributed by atoms with Crippen molar-refractivity contribution in [3.8, 4) is 0 Å². The van der Waals surface area contributed by atoms with Crippen molar-refractivity contribution >= 4 is 29.3 Å². The van der Waals surface area contributed by atoms with E-state index in [0.717, 1.165) is 24.3 Å². The van der Waals surface area contributed by atoms with Gasteiger partial charge in [-0.15, -0.1) is 0 Å². The number of benzene rings is 2. The van der Waals surface area contributed by atoms with E-state index in [4.69, 9.17) is 0 Å². The number of thioether (sulfide) groups is 2. The van der Waals surface area contributed by atoms with Crippen LogP contribution in [-0.4, -0.2) is 16.8 Å². The van der Waals surface area contributed by atoms with Crippen molar-refractivity contribution < 1.29 is 31.1 Å². The monoisotopic (exact) mass is 382 g/mol. The van der Waals surface area contributed by atoms with Crippen molar-refractivity contribution in [3.05, 3.63) is 59.7 Å². The number of halogens is 6. The Morgan fingerprint density at radius 1 is 0.667 bits per heavy atom. The second-order valence-electron chi connectivity index (χ2n) is 4.42. The highest BCUT2D eigenvalue weighted by Gasteiger charge is 2.33. The van der Waals surface area contributed by atoms with Gasteiger partial charge in [-0.1, -0.05) is 24.3 Å². The molecule has 0 unspecified atom stereocenters. The summed E-state index contributed by atoms with van der Waals surface area (Å²) < 4.78 is 75.5. The summed E-state index contributed by atoms with van der Waals surface area (Å²) in [6.45, 7) is 0. The summed E-state index contributed by atoms with van der Waals surface area (Å²) >= 11 is -0.961. The highest BCUT2D eigenvalue weighted by Crippen LogP contribution is 2.41. The summed E-state index contributed by atoms with van der Waals surface area (Å²) in [5, 5.41) is 0. The van der Waals surface area contributed by atoms with Crippen molar-refractivity contribution in [1.82, 2.24) is 0 Å². The Balaban J connectivity index is 2.44. The summed E-state index contributed by atoms with van der Waals surface area (Å²) in [6.07, 6.45) is 0. The lowest BCUT2D eigenvalue weighted by Crippen LogP contribution is -2.09. The van der Waals surface area contributed by atoms with Gasteiger partial charge < -0.3 is 0 Å².